The highest BCUT2D eigenvalue weighted by molar-refractivity contribution is 6.11. The zero-order chi connectivity index (χ0) is 15.7. The fourth-order valence-corrected chi connectivity index (χ4v) is 2.79. The Bertz CT molecular complexity index is 837. The van der Waals surface area contributed by atoms with Gasteiger partial charge in [0.25, 0.3) is 0 Å². The number of benzene rings is 3. The molecular formula is C18H18O4. The van der Waals surface area contributed by atoms with E-state index in [1.165, 1.54) is 0 Å². The molecule has 4 nitrogen and oxygen atoms in total. The molecule has 0 N–H and O–H groups in total. The second-order valence-electron chi connectivity index (χ2n) is 4.89. The molecule has 0 heterocycles. The van der Waals surface area contributed by atoms with Crippen LogP contribution in [-0.2, 0) is 0 Å². The van der Waals surface area contributed by atoms with Gasteiger partial charge in [0, 0.05) is 5.39 Å². The minimum Gasteiger partial charge on any atom is -0.493 e. The molecule has 0 aliphatic rings. The van der Waals surface area contributed by atoms with Crippen LogP contribution < -0.4 is 18.9 Å². The lowest BCUT2D eigenvalue weighted by Crippen LogP contribution is -1.93. The van der Waals surface area contributed by atoms with E-state index in [1.807, 2.05) is 36.4 Å². The van der Waals surface area contributed by atoms with E-state index in [4.69, 9.17) is 18.9 Å². The Labute approximate surface area is 129 Å². The van der Waals surface area contributed by atoms with Crippen LogP contribution in [0.25, 0.3) is 21.5 Å². The number of hydrogen-bond acceptors (Lipinski definition) is 4. The highest BCUT2D eigenvalue weighted by Gasteiger charge is 2.13. The molecule has 0 unspecified atom stereocenters. The second kappa shape index (κ2) is 5.64. The molecule has 0 aliphatic carbocycles. The molecule has 0 fully saturated rings. The van der Waals surface area contributed by atoms with Crippen LogP contribution in [0, 0.1) is 0 Å². The van der Waals surface area contributed by atoms with Crippen molar-refractivity contribution in [1.29, 1.82) is 0 Å². The minimum atomic E-state index is 0.706. The fourth-order valence-electron chi connectivity index (χ4n) is 2.79. The van der Waals surface area contributed by atoms with Gasteiger partial charge < -0.3 is 18.9 Å². The molecule has 0 spiro atoms. The molecule has 3 aromatic rings. The van der Waals surface area contributed by atoms with Crippen LogP contribution in [0.1, 0.15) is 0 Å². The molecule has 0 saturated carbocycles. The highest BCUT2D eigenvalue weighted by Crippen LogP contribution is 2.41. The number of methoxy groups -OCH3 is 4. The zero-order valence-electron chi connectivity index (χ0n) is 13.1. The molecule has 0 bridgehead atoms. The molecule has 0 radical (unpaired) electrons. The van der Waals surface area contributed by atoms with Crippen molar-refractivity contribution in [1.82, 2.24) is 0 Å². The first-order valence-electron chi connectivity index (χ1n) is 6.93. The minimum absolute atomic E-state index is 0.706. The molecule has 0 atom stereocenters. The first-order chi connectivity index (χ1) is 10.7. The summed E-state index contributed by atoms with van der Waals surface area (Å²) in [4.78, 5) is 0. The lowest BCUT2D eigenvalue weighted by molar-refractivity contribution is 0.356. The smallest absolute Gasteiger partial charge is 0.168 e. The van der Waals surface area contributed by atoms with Gasteiger partial charge in [-0.3, -0.25) is 0 Å². The van der Waals surface area contributed by atoms with Gasteiger partial charge in [-0.15, -0.1) is 0 Å². The van der Waals surface area contributed by atoms with Gasteiger partial charge in [-0.05, 0) is 46.5 Å². The summed E-state index contributed by atoms with van der Waals surface area (Å²) in [5.41, 5.74) is 0. The van der Waals surface area contributed by atoms with Crippen LogP contribution >= 0.6 is 0 Å². The molecule has 3 rings (SSSR count). The topological polar surface area (TPSA) is 36.9 Å². The summed E-state index contributed by atoms with van der Waals surface area (Å²) in [5.74, 6) is 2.87. The van der Waals surface area contributed by atoms with E-state index in [2.05, 4.69) is 0 Å². The van der Waals surface area contributed by atoms with Gasteiger partial charge in [-0.1, -0.05) is 6.07 Å². The third-order valence-electron chi connectivity index (χ3n) is 3.86. The Morgan fingerprint density at radius 2 is 1.18 bits per heavy atom. The summed E-state index contributed by atoms with van der Waals surface area (Å²) in [6, 6.07) is 12.0. The van der Waals surface area contributed by atoms with Crippen molar-refractivity contribution in [2.75, 3.05) is 28.4 Å². The summed E-state index contributed by atoms with van der Waals surface area (Å²) < 4.78 is 21.7. The van der Waals surface area contributed by atoms with E-state index in [0.717, 1.165) is 38.8 Å². The quantitative estimate of drug-likeness (QED) is 0.682. The molecule has 3 aromatic carbocycles. The van der Waals surface area contributed by atoms with Gasteiger partial charge in [-0.25, -0.2) is 0 Å². The molecule has 0 amide bonds. The fraction of sp³-hybridized carbons (Fsp3) is 0.222. The van der Waals surface area contributed by atoms with Crippen molar-refractivity contribution < 1.29 is 18.9 Å². The second-order valence-corrected chi connectivity index (χ2v) is 4.89. The summed E-state index contributed by atoms with van der Waals surface area (Å²) in [6.45, 7) is 0. The predicted octanol–water partition coefficient (Wildman–Crippen LogP) is 4.03. The number of rotatable bonds is 4. The van der Waals surface area contributed by atoms with E-state index in [-0.39, 0.29) is 0 Å². The monoisotopic (exact) mass is 298 g/mol. The SMILES string of the molecule is COc1cc2ccc3c(OC)c(OC)ccc3c2cc1OC. The van der Waals surface area contributed by atoms with Crippen LogP contribution in [0.2, 0.25) is 0 Å². The van der Waals surface area contributed by atoms with Crippen molar-refractivity contribution in [3.8, 4) is 23.0 Å². The maximum atomic E-state index is 5.52. The van der Waals surface area contributed by atoms with Gasteiger partial charge in [0.15, 0.2) is 23.0 Å². The van der Waals surface area contributed by atoms with E-state index in [9.17, 15) is 0 Å². The summed E-state index contributed by atoms with van der Waals surface area (Å²) in [5, 5.41) is 4.24. The van der Waals surface area contributed by atoms with Gasteiger partial charge >= 0.3 is 0 Å². The Morgan fingerprint density at radius 1 is 0.545 bits per heavy atom. The lowest BCUT2D eigenvalue weighted by atomic mass is 10.0. The van der Waals surface area contributed by atoms with Gasteiger partial charge in [0.05, 0.1) is 28.4 Å². The van der Waals surface area contributed by atoms with Crippen molar-refractivity contribution in [2.45, 2.75) is 0 Å². The van der Waals surface area contributed by atoms with Crippen LogP contribution in [0.15, 0.2) is 36.4 Å². The molecule has 0 aromatic heterocycles. The van der Waals surface area contributed by atoms with E-state index >= 15 is 0 Å². The zero-order valence-corrected chi connectivity index (χ0v) is 13.1. The standard InChI is InChI=1S/C18H18O4/c1-19-15-8-7-12-13(18(15)22-4)6-5-11-9-16(20-2)17(21-3)10-14(11)12/h5-10H,1-4H3. The van der Waals surface area contributed by atoms with Gasteiger partial charge in [-0.2, -0.15) is 0 Å². The number of ether oxygens (including phenoxy) is 4. The Kier molecular flexibility index (Phi) is 3.67. The molecule has 0 saturated heterocycles. The maximum Gasteiger partial charge on any atom is 0.168 e. The first kappa shape index (κ1) is 14.3. The summed E-state index contributed by atoms with van der Waals surface area (Å²) >= 11 is 0. The average molecular weight is 298 g/mol. The Morgan fingerprint density at radius 3 is 1.82 bits per heavy atom. The van der Waals surface area contributed by atoms with Crippen molar-refractivity contribution in [2.24, 2.45) is 0 Å². The number of hydrogen-bond donors (Lipinski definition) is 0. The predicted molar refractivity (Wildman–Crippen MR) is 87.7 cm³/mol. The summed E-state index contributed by atoms with van der Waals surface area (Å²) in [6.07, 6.45) is 0. The average Bonchev–Trinajstić information content (AvgIpc) is 2.58. The maximum absolute atomic E-state index is 5.52. The highest BCUT2D eigenvalue weighted by atomic mass is 16.5. The third kappa shape index (κ3) is 2.08. The van der Waals surface area contributed by atoms with Gasteiger partial charge in [0.1, 0.15) is 0 Å². The molecule has 4 heteroatoms. The van der Waals surface area contributed by atoms with Crippen molar-refractivity contribution in [3.05, 3.63) is 36.4 Å². The van der Waals surface area contributed by atoms with Crippen LogP contribution in [0.5, 0.6) is 23.0 Å². The van der Waals surface area contributed by atoms with E-state index < -0.39 is 0 Å². The van der Waals surface area contributed by atoms with Crippen LogP contribution in [0.4, 0.5) is 0 Å². The molecule has 22 heavy (non-hydrogen) atoms. The van der Waals surface area contributed by atoms with Gasteiger partial charge in [0.2, 0.25) is 0 Å². The third-order valence-corrected chi connectivity index (χ3v) is 3.86. The normalized spacial score (nSPS) is 10.7. The summed E-state index contributed by atoms with van der Waals surface area (Å²) in [7, 11) is 6.56. The Hall–Kier alpha value is -2.62. The van der Waals surface area contributed by atoms with Crippen LogP contribution in [-0.4, -0.2) is 28.4 Å². The first-order valence-corrected chi connectivity index (χ1v) is 6.93. The molecule has 0 aliphatic heterocycles. The number of fused-ring (bicyclic) bond motifs is 3. The van der Waals surface area contributed by atoms with Crippen LogP contribution in [0.3, 0.4) is 0 Å². The Balaban J connectivity index is 2.40. The van der Waals surface area contributed by atoms with E-state index in [0.29, 0.717) is 5.75 Å². The largest absolute Gasteiger partial charge is 0.493 e. The van der Waals surface area contributed by atoms with Crippen molar-refractivity contribution >= 4 is 21.5 Å². The van der Waals surface area contributed by atoms with Crippen molar-refractivity contribution in [3.63, 3.8) is 0 Å². The lowest BCUT2D eigenvalue weighted by Gasteiger charge is -2.14. The molecular weight excluding hydrogens is 280 g/mol. The van der Waals surface area contributed by atoms with E-state index in [1.54, 1.807) is 28.4 Å². The molecule has 114 valence electrons.